The van der Waals surface area contributed by atoms with Gasteiger partial charge < -0.3 is 9.47 Å². The van der Waals surface area contributed by atoms with Gasteiger partial charge in [0.1, 0.15) is 12.4 Å². The highest BCUT2D eigenvalue weighted by molar-refractivity contribution is 5.40. The van der Waals surface area contributed by atoms with Crippen LogP contribution in [0.3, 0.4) is 0 Å². The Labute approximate surface area is 139 Å². The van der Waals surface area contributed by atoms with Gasteiger partial charge in [0.2, 0.25) is 0 Å². The SMILES string of the molecule is Cc1ccc(C(C)(C)c2ccc(OCC3CCCO3)cc2)cc1. The molecule has 1 unspecified atom stereocenters. The molecule has 0 radical (unpaired) electrons. The zero-order valence-electron chi connectivity index (χ0n) is 14.3. The van der Waals surface area contributed by atoms with Crippen LogP contribution in [0.1, 0.15) is 43.4 Å². The summed E-state index contributed by atoms with van der Waals surface area (Å²) in [7, 11) is 0. The van der Waals surface area contributed by atoms with Crippen LogP contribution in [0, 0.1) is 6.92 Å². The zero-order chi connectivity index (χ0) is 16.3. The van der Waals surface area contributed by atoms with E-state index in [1.807, 2.05) is 0 Å². The summed E-state index contributed by atoms with van der Waals surface area (Å²) in [5, 5.41) is 0. The second kappa shape index (κ2) is 6.76. The number of hydrogen-bond donors (Lipinski definition) is 0. The highest BCUT2D eigenvalue weighted by Gasteiger charge is 2.23. The molecule has 0 aliphatic carbocycles. The Balaban J connectivity index is 1.68. The number of hydrogen-bond acceptors (Lipinski definition) is 2. The van der Waals surface area contributed by atoms with E-state index in [0.717, 1.165) is 25.2 Å². The lowest BCUT2D eigenvalue weighted by Gasteiger charge is -2.26. The van der Waals surface area contributed by atoms with Gasteiger partial charge in [0.25, 0.3) is 0 Å². The second-order valence-electron chi connectivity index (χ2n) is 6.96. The van der Waals surface area contributed by atoms with E-state index in [-0.39, 0.29) is 11.5 Å². The fraction of sp³-hybridized carbons (Fsp3) is 0.429. The summed E-state index contributed by atoms with van der Waals surface area (Å²) in [4.78, 5) is 0. The first-order chi connectivity index (χ1) is 11.1. The zero-order valence-corrected chi connectivity index (χ0v) is 14.3. The maximum atomic E-state index is 5.85. The summed E-state index contributed by atoms with van der Waals surface area (Å²) in [6.07, 6.45) is 2.52. The van der Waals surface area contributed by atoms with E-state index in [1.165, 1.54) is 16.7 Å². The molecule has 0 spiro atoms. The molecule has 0 N–H and O–H groups in total. The van der Waals surface area contributed by atoms with Crippen molar-refractivity contribution in [1.82, 2.24) is 0 Å². The molecule has 1 fully saturated rings. The Morgan fingerprint density at radius 3 is 2.17 bits per heavy atom. The Morgan fingerprint density at radius 2 is 1.61 bits per heavy atom. The molecule has 2 aromatic rings. The van der Waals surface area contributed by atoms with Crippen molar-refractivity contribution in [3.63, 3.8) is 0 Å². The molecule has 23 heavy (non-hydrogen) atoms. The van der Waals surface area contributed by atoms with Gasteiger partial charge in [0.15, 0.2) is 0 Å². The molecule has 2 aromatic carbocycles. The monoisotopic (exact) mass is 310 g/mol. The van der Waals surface area contributed by atoms with E-state index < -0.39 is 0 Å². The lowest BCUT2D eigenvalue weighted by atomic mass is 9.78. The Bertz CT molecular complexity index is 620. The van der Waals surface area contributed by atoms with Gasteiger partial charge in [-0.05, 0) is 43.0 Å². The first kappa shape index (κ1) is 16.1. The van der Waals surface area contributed by atoms with Crippen molar-refractivity contribution in [3.05, 3.63) is 65.2 Å². The summed E-state index contributed by atoms with van der Waals surface area (Å²) in [5.74, 6) is 0.920. The average Bonchev–Trinajstić information content (AvgIpc) is 3.07. The van der Waals surface area contributed by atoms with Crippen LogP contribution in [0.2, 0.25) is 0 Å². The minimum absolute atomic E-state index is 0.0131. The van der Waals surface area contributed by atoms with Crippen LogP contribution in [0.25, 0.3) is 0 Å². The summed E-state index contributed by atoms with van der Waals surface area (Å²) in [5.41, 5.74) is 3.91. The Kier molecular flexibility index (Phi) is 4.72. The quantitative estimate of drug-likeness (QED) is 0.783. The minimum Gasteiger partial charge on any atom is -0.491 e. The maximum absolute atomic E-state index is 5.85. The molecule has 1 atom stereocenters. The van der Waals surface area contributed by atoms with Crippen LogP contribution in [0.5, 0.6) is 5.75 Å². The highest BCUT2D eigenvalue weighted by atomic mass is 16.5. The first-order valence-corrected chi connectivity index (χ1v) is 8.48. The van der Waals surface area contributed by atoms with E-state index in [1.54, 1.807) is 0 Å². The molecule has 2 heteroatoms. The standard InChI is InChI=1S/C21H26O2/c1-16-6-8-17(9-7-16)21(2,3)18-10-12-19(13-11-18)23-15-20-5-4-14-22-20/h6-13,20H,4-5,14-15H2,1-3H3. The fourth-order valence-corrected chi connectivity index (χ4v) is 3.07. The molecule has 0 bridgehead atoms. The number of benzene rings is 2. The summed E-state index contributed by atoms with van der Waals surface area (Å²) < 4.78 is 11.4. The third kappa shape index (κ3) is 3.76. The van der Waals surface area contributed by atoms with Crippen LogP contribution in [0.4, 0.5) is 0 Å². The maximum Gasteiger partial charge on any atom is 0.119 e. The van der Waals surface area contributed by atoms with E-state index >= 15 is 0 Å². The molecular formula is C21H26O2. The average molecular weight is 310 g/mol. The predicted molar refractivity (Wildman–Crippen MR) is 94.2 cm³/mol. The van der Waals surface area contributed by atoms with Crippen LogP contribution in [-0.2, 0) is 10.2 Å². The smallest absolute Gasteiger partial charge is 0.119 e. The number of rotatable bonds is 5. The van der Waals surface area contributed by atoms with Gasteiger partial charge in [-0.15, -0.1) is 0 Å². The van der Waals surface area contributed by atoms with Gasteiger partial charge in [-0.25, -0.2) is 0 Å². The molecule has 0 amide bonds. The molecule has 0 aromatic heterocycles. The van der Waals surface area contributed by atoms with Crippen molar-refractivity contribution in [2.45, 2.75) is 45.1 Å². The highest BCUT2D eigenvalue weighted by Crippen LogP contribution is 2.32. The summed E-state index contributed by atoms with van der Waals surface area (Å²) >= 11 is 0. The van der Waals surface area contributed by atoms with Crippen LogP contribution < -0.4 is 4.74 Å². The predicted octanol–water partition coefficient (Wildman–Crippen LogP) is 4.88. The lowest BCUT2D eigenvalue weighted by molar-refractivity contribution is 0.0679. The van der Waals surface area contributed by atoms with Gasteiger partial charge in [-0.3, -0.25) is 0 Å². The summed E-state index contributed by atoms with van der Waals surface area (Å²) in [6, 6.07) is 17.3. The molecule has 0 saturated carbocycles. The Hall–Kier alpha value is -1.80. The molecule has 1 aliphatic heterocycles. The van der Waals surface area contributed by atoms with Crippen molar-refractivity contribution in [2.75, 3.05) is 13.2 Å². The van der Waals surface area contributed by atoms with Crippen LogP contribution in [0.15, 0.2) is 48.5 Å². The minimum atomic E-state index is -0.0131. The Morgan fingerprint density at radius 1 is 1.00 bits per heavy atom. The van der Waals surface area contributed by atoms with Crippen molar-refractivity contribution < 1.29 is 9.47 Å². The van der Waals surface area contributed by atoms with Gasteiger partial charge in [0, 0.05) is 12.0 Å². The van der Waals surface area contributed by atoms with E-state index in [0.29, 0.717) is 6.61 Å². The number of ether oxygens (including phenoxy) is 2. The van der Waals surface area contributed by atoms with Crippen molar-refractivity contribution in [3.8, 4) is 5.75 Å². The largest absolute Gasteiger partial charge is 0.491 e. The normalized spacial score (nSPS) is 18.1. The summed E-state index contributed by atoms with van der Waals surface area (Å²) in [6.45, 7) is 8.18. The third-order valence-corrected chi connectivity index (χ3v) is 4.81. The topological polar surface area (TPSA) is 18.5 Å². The van der Waals surface area contributed by atoms with Gasteiger partial charge in [0.05, 0.1) is 6.10 Å². The molecule has 1 saturated heterocycles. The third-order valence-electron chi connectivity index (χ3n) is 4.81. The molecule has 1 aliphatic rings. The lowest BCUT2D eigenvalue weighted by Crippen LogP contribution is -2.19. The van der Waals surface area contributed by atoms with Crippen molar-refractivity contribution >= 4 is 0 Å². The van der Waals surface area contributed by atoms with Gasteiger partial charge in [-0.2, -0.15) is 0 Å². The fourth-order valence-electron chi connectivity index (χ4n) is 3.07. The van der Waals surface area contributed by atoms with E-state index in [2.05, 4.69) is 69.3 Å². The molecule has 3 rings (SSSR count). The molecule has 1 heterocycles. The molecular weight excluding hydrogens is 284 g/mol. The van der Waals surface area contributed by atoms with E-state index in [9.17, 15) is 0 Å². The van der Waals surface area contributed by atoms with Gasteiger partial charge in [-0.1, -0.05) is 55.8 Å². The first-order valence-electron chi connectivity index (χ1n) is 8.48. The second-order valence-corrected chi connectivity index (χ2v) is 6.96. The molecule has 2 nitrogen and oxygen atoms in total. The van der Waals surface area contributed by atoms with Crippen molar-refractivity contribution in [1.29, 1.82) is 0 Å². The number of aryl methyl sites for hydroxylation is 1. The van der Waals surface area contributed by atoms with Gasteiger partial charge >= 0.3 is 0 Å². The molecule has 122 valence electrons. The van der Waals surface area contributed by atoms with E-state index in [4.69, 9.17) is 9.47 Å². The van der Waals surface area contributed by atoms with Crippen molar-refractivity contribution in [2.24, 2.45) is 0 Å². The van der Waals surface area contributed by atoms with Crippen LogP contribution >= 0.6 is 0 Å². The van der Waals surface area contributed by atoms with Crippen LogP contribution in [-0.4, -0.2) is 19.3 Å².